The molecule has 40 heavy (non-hydrogen) atoms. The van der Waals surface area contributed by atoms with Gasteiger partial charge in [-0.1, -0.05) is 60.7 Å². The lowest BCUT2D eigenvalue weighted by molar-refractivity contribution is 0.00578. The van der Waals surface area contributed by atoms with E-state index >= 15 is 0 Å². The van der Waals surface area contributed by atoms with Crippen LogP contribution in [0, 0.1) is 0 Å². The summed E-state index contributed by atoms with van der Waals surface area (Å²) >= 11 is 3.70. The first-order valence-electron chi connectivity index (χ1n) is 13.7. The van der Waals surface area contributed by atoms with Crippen molar-refractivity contribution in [3.8, 4) is 11.1 Å². The van der Waals surface area contributed by atoms with Gasteiger partial charge in [-0.3, -0.25) is 0 Å². The van der Waals surface area contributed by atoms with E-state index in [1.54, 1.807) is 0 Å². The Bertz CT molecular complexity index is 2270. The van der Waals surface area contributed by atoms with Crippen molar-refractivity contribution in [2.24, 2.45) is 0 Å². The monoisotopic (exact) mass is 556 g/mol. The molecule has 6 heteroatoms. The molecule has 9 rings (SSSR count). The Balaban J connectivity index is 1.47. The molecule has 0 unspecified atom stereocenters. The number of rotatable bonds is 2. The predicted octanol–water partition coefficient (Wildman–Crippen LogP) is 9.73. The molecule has 0 N–H and O–H groups in total. The van der Waals surface area contributed by atoms with Crippen LogP contribution < -0.4 is 5.46 Å². The normalized spacial score (nSPS) is 17.1. The summed E-state index contributed by atoms with van der Waals surface area (Å²) in [6.07, 6.45) is 0. The summed E-state index contributed by atoms with van der Waals surface area (Å²) < 4.78 is 24.9. The SMILES string of the molecule is CC1(C)OB(c2ccc3sc4c5ccccc5c(-c5ccccc5)c5oc6ccc7sc2c3c7c6c54)OC1(C)C. The van der Waals surface area contributed by atoms with Crippen LogP contribution in [-0.2, 0) is 9.31 Å². The van der Waals surface area contributed by atoms with Crippen LogP contribution in [0.15, 0.2) is 83.3 Å². The Kier molecular flexibility index (Phi) is 4.46. The second-order valence-electron chi connectivity index (χ2n) is 11.9. The second kappa shape index (κ2) is 7.65. The van der Waals surface area contributed by atoms with E-state index in [1.165, 1.54) is 56.7 Å². The van der Waals surface area contributed by atoms with Crippen LogP contribution in [0.1, 0.15) is 27.7 Å². The number of hydrogen-bond acceptors (Lipinski definition) is 5. The lowest BCUT2D eigenvalue weighted by Crippen LogP contribution is -2.41. The topological polar surface area (TPSA) is 31.6 Å². The first-order valence-corrected chi connectivity index (χ1v) is 15.3. The first-order chi connectivity index (χ1) is 19.3. The minimum absolute atomic E-state index is 0.394. The molecule has 0 bridgehead atoms. The van der Waals surface area contributed by atoms with Gasteiger partial charge in [0, 0.05) is 56.8 Å². The molecule has 3 aromatic heterocycles. The summed E-state index contributed by atoms with van der Waals surface area (Å²) in [5, 5.41) is 7.48. The minimum atomic E-state index is -0.409. The Morgan fingerprint density at radius 2 is 1.25 bits per heavy atom. The number of hydrogen-bond donors (Lipinski definition) is 0. The number of furan rings is 1. The minimum Gasteiger partial charge on any atom is -0.455 e. The van der Waals surface area contributed by atoms with E-state index in [1.807, 2.05) is 22.7 Å². The van der Waals surface area contributed by atoms with E-state index in [4.69, 9.17) is 13.7 Å². The lowest BCUT2D eigenvalue weighted by Gasteiger charge is -2.32. The van der Waals surface area contributed by atoms with Crippen LogP contribution in [0.5, 0.6) is 0 Å². The zero-order valence-corrected chi connectivity index (χ0v) is 24.3. The quantitative estimate of drug-likeness (QED) is 0.199. The number of thiophene rings is 1. The summed E-state index contributed by atoms with van der Waals surface area (Å²) in [6.45, 7) is 8.47. The molecule has 194 valence electrons. The largest absolute Gasteiger partial charge is 0.496 e. The first kappa shape index (κ1) is 23.3. The molecule has 0 spiro atoms. The van der Waals surface area contributed by atoms with Gasteiger partial charge in [-0.2, -0.15) is 0 Å². The molecule has 4 heterocycles. The van der Waals surface area contributed by atoms with E-state index in [9.17, 15) is 0 Å². The molecule has 1 aliphatic rings. The molecule has 3 nitrogen and oxygen atoms in total. The van der Waals surface area contributed by atoms with Crippen molar-refractivity contribution in [3.05, 3.63) is 78.9 Å². The summed E-state index contributed by atoms with van der Waals surface area (Å²) in [4.78, 5) is 0. The van der Waals surface area contributed by atoms with E-state index in [2.05, 4.69) is 107 Å². The zero-order valence-electron chi connectivity index (χ0n) is 22.6. The average Bonchev–Trinajstić information content (AvgIpc) is 3.53. The number of benzene rings is 5. The van der Waals surface area contributed by atoms with Crippen molar-refractivity contribution in [1.82, 2.24) is 0 Å². The fourth-order valence-electron chi connectivity index (χ4n) is 6.44. The highest BCUT2D eigenvalue weighted by molar-refractivity contribution is 7.30. The summed E-state index contributed by atoms with van der Waals surface area (Å²) in [7, 11) is -0.409. The third kappa shape index (κ3) is 2.87. The predicted molar refractivity (Wildman–Crippen MR) is 172 cm³/mol. The maximum absolute atomic E-state index is 6.81. The second-order valence-corrected chi connectivity index (χ2v) is 14.0. The molecule has 0 radical (unpaired) electrons. The van der Waals surface area contributed by atoms with Gasteiger partial charge in [0.05, 0.1) is 11.2 Å². The standard InChI is InChI=1S/C34H25BO3S2/c1-33(2)34(3,4)38-35(37-33)21-14-16-24-28-27-23(40-32(21)28)17-15-22-26(27)29-30(36-22)25(18-10-6-5-7-11-18)19-12-8-9-13-20(19)31(29)39-24/h5-17H,1-4H3. The van der Waals surface area contributed by atoms with Crippen LogP contribution in [0.2, 0.25) is 0 Å². The van der Waals surface area contributed by atoms with E-state index in [0.717, 1.165) is 22.2 Å². The summed E-state index contributed by atoms with van der Waals surface area (Å²) in [5.74, 6) is 0. The van der Waals surface area contributed by atoms with E-state index in [0.29, 0.717) is 0 Å². The average molecular weight is 557 g/mol. The molecule has 1 saturated heterocycles. The highest BCUT2D eigenvalue weighted by Crippen LogP contribution is 2.52. The van der Waals surface area contributed by atoms with Gasteiger partial charge in [-0.25, -0.2) is 0 Å². The van der Waals surface area contributed by atoms with Crippen LogP contribution in [0.25, 0.3) is 73.4 Å². The molecule has 0 saturated carbocycles. The van der Waals surface area contributed by atoms with Crippen LogP contribution >= 0.6 is 22.7 Å². The van der Waals surface area contributed by atoms with Crippen molar-refractivity contribution in [2.45, 2.75) is 38.9 Å². The van der Waals surface area contributed by atoms with Crippen molar-refractivity contribution in [2.75, 3.05) is 0 Å². The molecular formula is C34H25BO3S2. The molecule has 0 aliphatic carbocycles. The molecule has 1 aliphatic heterocycles. The van der Waals surface area contributed by atoms with E-state index < -0.39 is 18.3 Å². The third-order valence-electron chi connectivity index (χ3n) is 9.11. The Labute approximate surface area is 239 Å². The molecule has 0 amide bonds. The van der Waals surface area contributed by atoms with Crippen molar-refractivity contribution >= 4 is 97.5 Å². The maximum Gasteiger partial charge on any atom is 0.496 e. The van der Waals surface area contributed by atoms with Gasteiger partial charge in [-0.15, -0.1) is 22.7 Å². The fourth-order valence-corrected chi connectivity index (χ4v) is 9.01. The van der Waals surface area contributed by atoms with Crippen LogP contribution in [0.3, 0.4) is 0 Å². The van der Waals surface area contributed by atoms with Gasteiger partial charge in [0.15, 0.2) is 0 Å². The molecule has 8 aromatic rings. The summed E-state index contributed by atoms with van der Waals surface area (Å²) in [6, 6.07) is 28.3. The smallest absolute Gasteiger partial charge is 0.455 e. The number of fused-ring (bicyclic) bond motifs is 2. The van der Waals surface area contributed by atoms with Gasteiger partial charge in [-0.05, 0) is 56.8 Å². The van der Waals surface area contributed by atoms with Gasteiger partial charge >= 0.3 is 7.12 Å². The fraction of sp³-hybridized carbons (Fsp3) is 0.176. The van der Waals surface area contributed by atoms with Crippen LogP contribution in [-0.4, -0.2) is 18.3 Å². The highest BCUT2D eigenvalue weighted by atomic mass is 32.1. The van der Waals surface area contributed by atoms with Crippen molar-refractivity contribution in [1.29, 1.82) is 0 Å². The molecular weight excluding hydrogens is 531 g/mol. The van der Waals surface area contributed by atoms with E-state index in [-0.39, 0.29) is 0 Å². The van der Waals surface area contributed by atoms with Crippen molar-refractivity contribution in [3.63, 3.8) is 0 Å². The summed E-state index contributed by atoms with van der Waals surface area (Å²) in [5.41, 5.74) is 4.55. The highest BCUT2D eigenvalue weighted by Gasteiger charge is 2.52. The van der Waals surface area contributed by atoms with Crippen molar-refractivity contribution < 1.29 is 13.7 Å². The Morgan fingerprint density at radius 1 is 0.600 bits per heavy atom. The van der Waals surface area contributed by atoms with Gasteiger partial charge in [0.2, 0.25) is 0 Å². The van der Waals surface area contributed by atoms with Gasteiger partial charge < -0.3 is 13.7 Å². The maximum atomic E-state index is 6.81. The van der Waals surface area contributed by atoms with Gasteiger partial charge in [0.25, 0.3) is 0 Å². The van der Waals surface area contributed by atoms with Gasteiger partial charge in [0.1, 0.15) is 11.2 Å². The molecule has 5 aromatic carbocycles. The third-order valence-corrected chi connectivity index (χ3v) is 11.5. The molecule has 0 atom stereocenters. The molecule has 1 fully saturated rings. The zero-order chi connectivity index (χ0) is 27.0. The lowest BCUT2D eigenvalue weighted by atomic mass is 9.78. The Hall–Kier alpha value is -3.42. The van der Waals surface area contributed by atoms with Crippen LogP contribution in [0.4, 0.5) is 0 Å². The Morgan fingerprint density at radius 3 is 2.02 bits per heavy atom.